The van der Waals surface area contributed by atoms with E-state index in [0.29, 0.717) is 25.0 Å². The molecular weight excluding hydrogens is 498 g/mol. The van der Waals surface area contributed by atoms with E-state index in [1.54, 1.807) is 33.5 Å². The van der Waals surface area contributed by atoms with Crippen LogP contribution in [0.3, 0.4) is 0 Å². The van der Waals surface area contributed by atoms with Crippen LogP contribution < -0.4 is 0 Å². The molecule has 8 nitrogen and oxygen atoms in total. The van der Waals surface area contributed by atoms with E-state index in [2.05, 4.69) is 11.8 Å². The van der Waals surface area contributed by atoms with Crippen LogP contribution in [0.25, 0.3) is 0 Å². The summed E-state index contributed by atoms with van der Waals surface area (Å²) >= 11 is 0. The van der Waals surface area contributed by atoms with Gasteiger partial charge < -0.3 is 29.2 Å². The Bertz CT molecular complexity index is 1120. The molecule has 6 fully saturated rings. The molecule has 5 saturated carbocycles. The number of hydrogen-bond acceptors (Lipinski definition) is 8. The van der Waals surface area contributed by atoms with Gasteiger partial charge >= 0.3 is 5.97 Å². The highest BCUT2D eigenvalue weighted by atomic mass is 16.6. The number of ether oxygens (including phenoxy) is 4. The second-order valence-corrected chi connectivity index (χ2v) is 13.3. The van der Waals surface area contributed by atoms with Crippen molar-refractivity contribution in [3.05, 3.63) is 35.9 Å². The Hall–Kier alpha value is -1.55. The number of carbonyl (C=O) groups is 1. The molecule has 5 aliphatic carbocycles. The first-order valence-electron chi connectivity index (χ1n) is 14.8. The number of piperidine rings is 1. The largest absolute Gasteiger partial charge is 0.454 e. The van der Waals surface area contributed by atoms with Crippen LogP contribution in [-0.2, 0) is 18.9 Å². The lowest BCUT2D eigenvalue weighted by atomic mass is 9.43. The van der Waals surface area contributed by atoms with Crippen molar-refractivity contribution in [2.24, 2.45) is 40.4 Å². The van der Waals surface area contributed by atoms with Gasteiger partial charge in [0.05, 0.1) is 36.6 Å². The number of carbonyl (C=O) groups excluding carboxylic acids is 1. The number of hydrogen-bond donors (Lipinski definition) is 2. The van der Waals surface area contributed by atoms with Crippen molar-refractivity contribution in [3.8, 4) is 0 Å². The minimum atomic E-state index is -0.977. The standard InChI is InChI=1S/C31H43NO7/c1-5-32-15-29(16-36-2)12-11-21(33)31-19-13-18-20(37-3)14-30(22(19)24(18)34,23(27(31)32)25(38-4)26(29)31)39-28(35)17-9-7-6-8-10-17/h6-10,18-27,33-34H,5,11-16H2,1-4H3/t18-,19-,20+,21+,22-,23?,24+,25+,26-,27?,29+,30-,31?/m1/s1. The second kappa shape index (κ2) is 8.97. The van der Waals surface area contributed by atoms with Crippen LogP contribution in [0.1, 0.15) is 43.0 Å². The molecule has 8 heteroatoms. The van der Waals surface area contributed by atoms with Gasteiger partial charge in [-0.25, -0.2) is 4.79 Å². The van der Waals surface area contributed by atoms with Gasteiger partial charge in [-0.15, -0.1) is 0 Å². The van der Waals surface area contributed by atoms with E-state index in [4.69, 9.17) is 18.9 Å². The van der Waals surface area contributed by atoms with E-state index in [0.717, 1.165) is 25.9 Å². The Balaban J connectivity index is 1.47. The second-order valence-electron chi connectivity index (χ2n) is 13.3. The summed E-state index contributed by atoms with van der Waals surface area (Å²) in [7, 11) is 5.25. The summed E-state index contributed by atoms with van der Waals surface area (Å²) in [4.78, 5) is 16.4. The number of fused-ring (bicyclic) bond motifs is 2. The fraction of sp³-hybridized carbons (Fsp3) is 0.774. The van der Waals surface area contributed by atoms with Crippen LogP contribution in [0.5, 0.6) is 0 Å². The minimum absolute atomic E-state index is 0.0199. The van der Waals surface area contributed by atoms with Crippen LogP contribution >= 0.6 is 0 Å². The fourth-order valence-corrected chi connectivity index (χ4v) is 11.6. The van der Waals surface area contributed by atoms with Gasteiger partial charge in [0.15, 0.2) is 0 Å². The average molecular weight is 542 g/mol. The maximum absolute atomic E-state index is 13.9. The molecule has 1 aromatic carbocycles. The molecule has 0 amide bonds. The summed E-state index contributed by atoms with van der Waals surface area (Å²) in [5, 5.41) is 24.2. The zero-order valence-electron chi connectivity index (χ0n) is 23.5. The third kappa shape index (κ3) is 3.03. The molecule has 1 aliphatic heterocycles. The lowest BCUT2D eigenvalue weighted by molar-refractivity contribution is -0.271. The molecule has 0 radical (unpaired) electrons. The number of aliphatic hydroxyl groups excluding tert-OH is 2. The van der Waals surface area contributed by atoms with E-state index >= 15 is 0 Å². The van der Waals surface area contributed by atoms with Crippen molar-refractivity contribution in [1.29, 1.82) is 0 Å². The van der Waals surface area contributed by atoms with Crippen LogP contribution in [0.15, 0.2) is 30.3 Å². The Morgan fingerprint density at radius 2 is 1.87 bits per heavy atom. The predicted molar refractivity (Wildman–Crippen MR) is 142 cm³/mol. The Morgan fingerprint density at radius 3 is 2.54 bits per heavy atom. The van der Waals surface area contributed by atoms with Gasteiger partial charge in [-0.05, 0) is 43.9 Å². The molecule has 7 rings (SSSR count). The number of esters is 1. The molecule has 7 bridgehead atoms. The third-order valence-electron chi connectivity index (χ3n) is 12.4. The first-order valence-corrected chi connectivity index (χ1v) is 14.8. The maximum atomic E-state index is 13.9. The summed E-state index contributed by atoms with van der Waals surface area (Å²) in [6.45, 7) is 4.48. The first-order chi connectivity index (χ1) is 18.8. The molecular formula is C31H43NO7. The number of rotatable bonds is 7. The topological polar surface area (TPSA) is 97.7 Å². The predicted octanol–water partition coefficient (Wildman–Crippen LogP) is 2.37. The van der Waals surface area contributed by atoms with Gasteiger partial charge in [-0.3, -0.25) is 4.90 Å². The Labute approximate surface area is 230 Å². The third-order valence-corrected chi connectivity index (χ3v) is 12.4. The van der Waals surface area contributed by atoms with Crippen LogP contribution in [0.4, 0.5) is 0 Å². The highest BCUT2D eigenvalue weighted by Gasteiger charge is 2.87. The van der Waals surface area contributed by atoms with E-state index in [1.807, 2.05) is 18.2 Å². The molecule has 1 saturated heterocycles. The molecule has 6 aliphatic rings. The number of methoxy groups -OCH3 is 3. The lowest BCUT2D eigenvalue weighted by Crippen LogP contribution is -2.76. The summed E-state index contributed by atoms with van der Waals surface area (Å²) < 4.78 is 25.3. The minimum Gasteiger partial charge on any atom is -0.454 e. The van der Waals surface area contributed by atoms with Gasteiger partial charge in [0, 0.05) is 74.8 Å². The van der Waals surface area contributed by atoms with E-state index in [-0.39, 0.29) is 59.2 Å². The molecule has 3 unspecified atom stereocenters. The molecule has 1 spiro atoms. The number of nitrogens with zero attached hydrogens (tertiary/aromatic N) is 1. The van der Waals surface area contributed by atoms with Crippen molar-refractivity contribution < 1.29 is 34.0 Å². The number of aliphatic hydroxyl groups is 2. The molecule has 13 atom stereocenters. The summed E-state index contributed by atoms with van der Waals surface area (Å²) in [5.74, 6) is -0.883. The van der Waals surface area contributed by atoms with Crippen molar-refractivity contribution >= 4 is 5.97 Å². The first kappa shape index (κ1) is 26.4. The van der Waals surface area contributed by atoms with Crippen molar-refractivity contribution in [1.82, 2.24) is 4.90 Å². The van der Waals surface area contributed by atoms with Gasteiger partial charge in [-0.2, -0.15) is 0 Å². The zero-order chi connectivity index (χ0) is 27.3. The quantitative estimate of drug-likeness (QED) is 0.508. The Kier molecular flexibility index (Phi) is 6.06. The number of benzene rings is 1. The fourth-order valence-electron chi connectivity index (χ4n) is 11.6. The molecule has 2 N–H and O–H groups in total. The molecule has 39 heavy (non-hydrogen) atoms. The van der Waals surface area contributed by atoms with Crippen molar-refractivity contribution in [3.63, 3.8) is 0 Å². The highest BCUT2D eigenvalue weighted by Crippen LogP contribution is 2.79. The SMILES string of the molecule is CCN1C[C@]2(COC)CC[C@H](O)C34C1C([C@H](OC)[C@@H]32)[C@@]1(OC(=O)c2ccccc2)C[C@H](OC)[C@H]2C[C@@H]4[C@@H]1[C@H]2O. The highest BCUT2D eigenvalue weighted by molar-refractivity contribution is 5.89. The smallest absolute Gasteiger partial charge is 0.338 e. The monoisotopic (exact) mass is 541 g/mol. The zero-order valence-corrected chi connectivity index (χ0v) is 23.5. The molecule has 0 aromatic heterocycles. The van der Waals surface area contributed by atoms with Gasteiger partial charge in [0.1, 0.15) is 5.60 Å². The number of likely N-dealkylation sites (tertiary alicyclic amines) is 1. The maximum Gasteiger partial charge on any atom is 0.338 e. The molecule has 214 valence electrons. The van der Waals surface area contributed by atoms with Gasteiger partial charge in [0.25, 0.3) is 0 Å². The van der Waals surface area contributed by atoms with E-state index in [1.165, 1.54) is 0 Å². The van der Waals surface area contributed by atoms with Crippen LogP contribution in [0, 0.1) is 40.4 Å². The average Bonchev–Trinajstić information content (AvgIpc) is 3.35. The van der Waals surface area contributed by atoms with Crippen molar-refractivity contribution in [2.75, 3.05) is 41.0 Å². The van der Waals surface area contributed by atoms with E-state index < -0.39 is 23.2 Å². The summed E-state index contributed by atoms with van der Waals surface area (Å²) in [6.07, 6.45) is 1.19. The molecule has 1 aromatic rings. The van der Waals surface area contributed by atoms with Gasteiger partial charge in [-0.1, -0.05) is 25.1 Å². The Morgan fingerprint density at radius 1 is 1.10 bits per heavy atom. The van der Waals surface area contributed by atoms with E-state index in [9.17, 15) is 15.0 Å². The lowest BCUT2D eigenvalue weighted by Gasteiger charge is -2.69. The van der Waals surface area contributed by atoms with Crippen LogP contribution in [0.2, 0.25) is 0 Å². The van der Waals surface area contributed by atoms with Crippen LogP contribution in [-0.4, -0.2) is 98.2 Å². The van der Waals surface area contributed by atoms with Crippen molar-refractivity contribution in [2.45, 2.75) is 68.7 Å². The normalized spacial score (nSPS) is 51.1. The van der Waals surface area contributed by atoms with Gasteiger partial charge in [0.2, 0.25) is 0 Å². The summed E-state index contributed by atoms with van der Waals surface area (Å²) in [6, 6.07) is 9.13. The molecule has 1 heterocycles. The summed E-state index contributed by atoms with van der Waals surface area (Å²) in [5.41, 5.74) is -1.12.